The number of carbonyl (C=O) groups is 1. The van der Waals surface area contributed by atoms with Crippen LogP contribution >= 0.6 is 0 Å². The van der Waals surface area contributed by atoms with E-state index < -0.39 is 68.9 Å². The zero-order valence-electron chi connectivity index (χ0n) is 22.6. The number of halogens is 6. The number of carboxylic acids is 1. The lowest BCUT2D eigenvalue weighted by Gasteiger charge is -2.38. The second-order valence-electron chi connectivity index (χ2n) is 10.0. The van der Waals surface area contributed by atoms with E-state index in [1.807, 2.05) is 0 Å². The smallest absolute Gasteiger partial charge is 0.416 e. The van der Waals surface area contributed by atoms with Gasteiger partial charge >= 0.3 is 18.8 Å². The van der Waals surface area contributed by atoms with Gasteiger partial charge in [-0.25, -0.2) is 12.8 Å². The highest BCUT2D eigenvalue weighted by Crippen LogP contribution is 2.43. The fourth-order valence-corrected chi connectivity index (χ4v) is 6.26. The molecule has 8 nitrogen and oxygen atoms in total. The Morgan fingerprint density at radius 1 is 1.09 bits per heavy atom. The number of sulfonamides is 1. The molecular weight excluding hydrogens is 608 g/mol. The minimum atomic E-state index is -4.84. The molecule has 3 aromatic carbocycles. The van der Waals surface area contributed by atoms with Crippen LogP contribution < -0.4 is 13.8 Å². The van der Waals surface area contributed by atoms with Crippen molar-refractivity contribution in [1.29, 1.82) is 0 Å². The lowest BCUT2D eigenvalue weighted by Crippen LogP contribution is -2.47. The van der Waals surface area contributed by atoms with Crippen LogP contribution in [0.4, 0.5) is 32.0 Å². The molecule has 1 aliphatic rings. The van der Waals surface area contributed by atoms with Crippen LogP contribution in [0.25, 0.3) is 11.1 Å². The summed E-state index contributed by atoms with van der Waals surface area (Å²) in [5, 5.41) is 9.80. The van der Waals surface area contributed by atoms with Crippen molar-refractivity contribution in [3.8, 4) is 22.6 Å². The highest BCUT2D eigenvalue weighted by molar-refractivity contribution is 7.92. The van der Waals surface area contributed by atoms with Gasteiger partial charge in [0.2, 0.25) is 0 Å². The first-order chi connectivity index (χ1) is 20.0. The molecule has 0 saturated heterocycles. The standard InChI is InChI=1S/C28H25F6NO7S/c1-27(15-40-2,25(36)37)13-21-14-35(43(38,39)22-5-3-4-18(11-22)28(32,33)34)23-10-16(6-7-24(23)41-21)17-8-19(29)12-20(9-17)42-26(30)31/h3-12,21,26H,13-15H2,1-2H3,(H,36,37)/t21-,27?/m0/s1. The first kappa shape index (κ1) is 31.9. The summed E-state index contributed by atoms with van der Waals surface area (Å²) < 4.78 is 124. The van der Waals surface area contributed by atoms with Crippen molar-refractivity contribution in [2.24, 2.45) is 5.41 Å². The Bertz CT molecular complexity index is 1620. The molecule has 0 amide bonds. The molecule has 0 aliphatic carbocycles. The summed E-state index contributed by atoms with van der Waals surface area (Å²) >= 11 is 0. The van der Waals surface area contributed by atoms with Gasteiger partial charge in [0.15, 0.2) is 0 Å². The Morgan fingerprint density at radius 3 is 2.44 bits per heavy atom. The van der Waals surface area contributed by atoms with Gasteiger partial charge in [-0.3, -0.25) is 9.10 Å². The maximum Gasteiger partial charge on any atom is 0.416 e. The van der Waals surface area contributed by atoms with E-state index >= 15 is 0 Å². The Morgan fingerprint density at radius 2 is 1.81 bits per heavy atom. The van der Waals surface area contributed by atoms with Gasteiger partial charge in [0.05, 0.1) is 34.7 Å². The van der Waals surface area contributed by atoms with Gasteiger partial charge in [0, 0.05) is 19.6 Å². The lowest BCUT2D eigenvalue weighted by atomic mass is 9.85. The van der Waals surface area contributed by atoms with Gasteiger partial charge in [-0.05, 0) is 60.5 Å². The van der Waals surface area contributed by atoms with Crippen molar-refractivity contribution in [2.45, 2.75) is 37.1 Å². The van der Waals surface area contributed by atoms with Crippen LogP contribution in [0.1, 0.15) is 18.9 Å². The quantitative estimate of drug-likeness (QED) is 0.266. The molecule has 1 aliphatic heterocycles. The molecule has 0 aromatic heterocycles. The molecule has 0 saturated carbocycles. The molecule has 232 valence electrons. The highest BCUT2D eigenvalue weighted by Gasteiger charge is 2.42. The van der Waals surface area contributed by atoms with Crippen LogP contribution in [0.3, 0.4) is 0 Å². The Labute approximate surface area is 242 Å². The number of rotatable bonds is 10. The van der Waals surface area contributed by atoms with Gasteiger partial charge < -0.3 is 19.3 Å². The van der Waals surface area contributed by atoms with Crippen LogP contribution in [-0.2, 0) is 25.7 Å². The molecular formula is C28H25F6NO7S. The van der Waals surface area contributed by atoms with Crippen molar-refractivity contribution in [3.05, 3.63) is 72.0 Å². The van der Waals surface area contributed by atoms with Gasteiger partial charge in [-0.1, -0.05) is 12.1 Å². The minimum Gasteiger partial charge on any atom is -0.486 e. The molecule has 1 N–H and O–H groups in total. The van der Waals surface area contributed by atoms with E-state index in [0.29, 0.717) is 12.1 Å². The van der Waals surface area contributed by atoms with Crippen LogP contribution in [-0.4, -0.2) is 52.5 Å². The van der Waals surface area contributed by atoms with Gasteiger partial charge in [-0.2, -0.15) is 22.0 Å². The molecule has 43 heavy (non-hydrogen) atoms. The normalized spacial score (nSPS) is 16.8. The summed E-state index contributed by atoms with van der Waals surface area (Å²) in [6.07, 6.45) is -6.18. The summed E-state index contributed by atoms with van der Waals surface area (Å²) in [6.45, 7) is -2.64. The average Bonchev–Trinajstić information content (AvgIpc) is 2.91. The van der Waals surface area contributed by atoms with Crippen molar-refractivity contribution in [2.75, 3.05) is 24.6 Å². The van der Waals surface area contributed by atoms with Crippen LogP contribution in [0, 0.1) is 11.2 Å². The number of methoxy groups -OCH3 is 1. The monoisotopic (exact) mass is 633 g/mol. The van der Waals surface area contributed by atoms with E-state index in [0.717, 1.165) is 34.6 Å². The second-order valence-corrected chi connectivity index (χ2v) is 11.9. The summed E-state index contributed by atoms with van der Waals surface area (Å²) in [4.78, 5) is 11.3. The molecule has 1 unspecified atom stereocenters. The van der Waals surface area contributed by atoms with E-state index in [1.54, 1.807) is 0 Å². The Kier molecular flexibility index (Phi) is 8.88. The highest BCUT2D eigenvalue weighted by atomic mass is 32.2. The number of fused-ring (bicyclic) bond motifs is 1. The largest absolute Gasteiger partial charge is 0.486 e. The SMILES string of the molecule is COCC(C)(C[C@H]1CN(S(=O)(=O)c2cccc(C(F)(F)F)c2)c2cc(-c3cc(F)cc(OC(F)F)c3)ccc2O1)C(=O)O. The molecule has 0 bridgehead atoms. The number of anilines is 1. The van der Waals surface area contributed by atoms with Crippen molar-refractivity contribution >= 4 is 21.7 Å². The van der Waals surface area contributed by atoms with Crippen molar-refractivity contribution in [3.63, 3.8) is 0 Å². The third kappa shape index (κ3) is 6.99. The first-order valence-electron chi connectivity index (χ1n) is 12.5. The number of hydrogen-bond donors (Lipinski definition) is 1. The number of aliphatic carboxylic acids is 1. The third-order valence-corrected chi connectivity index (χ3v) is 8.50. The zero-order valence-corrected chi connectivity index (χ0v) is 23.4. The van der Waals surface area contributed by atoms with E-state index in [2.05, 4.69) is 4.74 Å². The predicted molar refractivity (Wildman–Crippen MR) is 141 cm³/mol. The molecule has 0 spiro atoms. The maximum atomic E-state index is 14.3. The number of nitrogens with zero attached hydrogens (tertiary/aromatic N) is 1. The van der Waals surface area contributed by atoms with Gasteiger partial charge in [0.25, 0.3) is 10.0 Å². The fourth-order valence-electron chi connectivity index (χ4n) is 4.71. The predicted octanol–water partition coefficient (Wildman–Crippen LogP) is 6.20. The lowest BCUT2D eigenvalue weighted by molar-refractivity contribution is -0.153. The second kappa shape index (κ2) is 12.0. The van der Waals surface area contributed by atoms with Crippen LogP contribution in [0.2, 0.25) is 0 Å². The Hall–Kier alpha value is -3.98. The minimum absolute atomic E-state index is 0.0236. The number of benzene rings is 3. The van der Waals surface area contributed by atoms with Crippen molar-refractivity contribution < 1.29 is 58.9 Å². The van der Waals surface area contributed by atoms with Crippen molar-refractivity contribution in [1.82, 2.24) is 0 Å². The molecule has 1 heterocycles. The number of alkyl halides is 5. The molecule has 2 atom stereocenters. The summed E-state index contributed by atoms with van der Waals surface area (Å²) in [5.74, 6) is -2.75. The maximum absolute atomic E-state index is 14.3. The number of hydrogen-bond acceptors (Lipinski definition) is 6. The van der Waals surface area contributed by atoms with E-state index in [4.69, 9.17) is 9.47 Å². The van der Waals surface area contributed by atoms with Gasteiger partial charge in [0.1, 0.15) is 23.4 Å². The van der Waals surface area contributed by atoms with E-state index in [-0.39, 0.29) is 35.6 Å². The zero-order chi connectivity index (χ0) is 31.7. The van der Waals surface area contributed by atoms with Gasteiger partial charge in [-0.15, -0.1) is 0 Å². The Balaban J connectivity index is 1.84. The summed E-state index contributed by atoms with van der Waals surface area (Å²) in [7, 11) is -3.45. The molecule has 3 aromatic rings. The topological polar surface area (TPSA) is 102 Å². The van der Waals surface area contributed by atoms with Crippen LogP contribution in [0.5, 0.6) is 11.5 Å². The van der Waals surface area contributed by atoms with E-state index in [9.17, 15) is 44.7 Å². The first-order valence-corrected chi connectivity index (χ1v) is 14.0. The summed E-state index contributed by atoms with van der Waals surface area (Å²) in [5.41, 5.74) is -2.73. The average molecular weight is 634 g/mol. The molecule has 4 rings (SSSR count). The summed E-state index contributed by atoms with van der Waals surface area (Å²) in [6, 6.07) is 9.82. The molecule has 0 radical (unpaired) electrons. The van der Waals surface area contributed by atoms with Crippen LogP contribution in [0.15, 0.2) is 65.6 Å². The third-order valence-electron chi connectivity index (χ3n) is 6.73. The van der Waals surface area contributed by atoms with E-state index in [1.165, 1.54) is 32.2 Å². The molecule has 0 fully saturated rings. The number of carboxylic acid groups (broad SMARTS) is 1. The fraction of sp³-hybridized carbons (Fsp3) is 0.321. The molecule has 15 heteroatoms. The number of ether oxygens (including phenoxy) is 3.